The summed E-state index contributed by atoms with van der Waals surface area (Å²) in [4.78, 5) is 16.9. The Morgan fingerprint density at radius 2 is 1.76 bits per heavy atom. The molecule has 1 aromatic heterocycles. The van der Waals surface area contributed by atoms with E-state index in [1.165, 1.54) is 0 Å². The molecule has 0 fully saturated rings. The zero-order valence-corrected chi connectivity index (χ0v) is 21.2. The van der Waals surface area contributed by atoms with Gasteiger partial charge in [0.05, 0.1) is 26.4 Å². The first-order valence-corrected chi connectivity index (χ1v) is 12.7. The van der Waals surface area contributed by atoms with Crippen LogP contribution in [0.5, 0.6) is 23.0 Å². The number of hydrogen-bond donors (Lipinski definition) is 1. The first-order valence-electron chi connectivity index (χ1n) is 11.7. The molecule has 9 heteroatoms. The number of ether oxygens (including phenoxy) is 4. The van der Waals surface area contributed by atoms with Gasteiger partial charge >= 0.3 is 5.97 Å². The van der Waals surface area contributed by atoms with E-state index in [1.54, 1.807) is 32.0 Å². The smallest absolute Gasteiger partial charge is 0.344 e. The maximum absolute atomic E-state index is 12.3. The van der Waals surface area contributed by atoms with Gasteiger partial charge in [-0.2, -0.15) is 0 Å². The number of H-pyrrole nitrogens is 1. The summed E-state index contributed by atoms with van der Waals surface area (Å²) in [7, 11) is 3.22. The van der Waals surface area contributed by atoms with Crippen LogP contribution >= 0.6 is 11.8 Å². The summed E-state index contributed by atoms with van der Waals surface area (Å²) in [5, 5.41) is 7.96. The number of nitrogens with one attached hydrogen (secondary N) is 1. The van der Waals surface area contributed by atoms with Gasteiger partial charge < -0.3 is 18.9 Å². The van der Waals surface area contributed by atoms with Crippen molar-refractivity contribution in [2.24, 2.45) is 0 Å². The minimum absolute atomic E-state index is 0.372. The molecule has 4 aromatic rings. The Bertz CT molecular complexity index is 1430. The van der Waals surface area contributed by atoms with Crippen molar-refractivity contribution in [1.82, 2.24) is 15.2 Å². The van der Waals surface area contributed by atoms with Crippen molar-refractivity contribution in [3.05, 3.63) is 77.9 Å². The fourth-order valence-electron chi connectivity index (χ4n) is 3.79. The van der Waals surface area contributed by atoms with Crippen molar-refractivity contribution < 1.29 is 23.7 Å². The number of carbonyl (C=O) groups excluding carboxylic acids is 1. The number of hydrogen-bond acceptors (Lipinski definition) is 8. The van der Waals surface area contributed by atoms with Gasteiger partial charge in [0.25, 0.3) is 0 Å². The lowest BCUT2D eigenvalue weighted by Gasteiger charge is -2.06. The molecule has 0 atom stereocenters. The number of methoxy groups -OCH3 is 2. The molecule has 1 N–H and O–H groups in total. The van der Waals surface area contributed by atoms with E-state index in [2.05, 4.69) is 15.2 Å². The van der Waals surface area contributed by atoms with Gasteiger partial charge in [0.1, 0.15) is 23.0 Å². The molecule has 0 spiro atoms. The third kappa shape index (κ3) is 5.78. The van der Waals surface area contributed by atoms with Gasteiger partial charge in [0, 0.05) is 22.9 Å². The third-order valence-electron chi connectivity index (χ3n) is 5.69. The highest BCUT2D eigenvalue weighted by Crippen LogP contribution is 2.38. The average Bonchev–Trinajstić information content (AvgIpc) is 3.53. The van der Waals surface area contributed by atoms with E-state index >= 15 is 0 Å². The SMILES string of the molecule is COc1cccc(-c2nc(SCCCOc3ccc(/C=C4/C(=O)Oc5cc(OC)ccc54)cc3)n[nH]2)c1. The highest BCUT2D eigenvalue weighted by molar-refractivity contribution is 7.99. The average molecular weight is 516 g/mol. The Kier molecular flexibility index (Phi) is 7.41. The summed E-state index contributed by atoms with van der Waals surface area (Å²) < 4.78 is 21.7. The van der Waals surface area contributed by atoms with Gasteiger partial charge in [-0.05, 0) is 54.5 Å². The number of fused-ring (bicyclic) bond motifs is 1. The summed E-state index contributed by atoms with van der Waals surface area (Å²) in [6.07, 6.45) is 2.66. The minimum Gasteiger partial charge on any atom is -0.497 e. The molecule has 0 unspecified atom stereocenters. The number of esters is 1. The van der Waals surface area contributed by atoms with E-state index in [4.69, 9.17) is 18.9 Å². The van der Waals surface area contributed by atoms with Crippen molar-refractivity contribution >= 4 is 29.4 Å². The van der Waals surface area contributed by atoms with E-state index in [0.717, 1.165) is 40.4 Å². The van der Waals surface area contributed by atoms with Gasteiger partial charge in [-0.15, -0.1) is 5.10 Å². The number of rotatable bonds is 10. The van der Waals surface area contributed by atoms with Gasteiger partial charge in [-0.25, -0.2) is 9.78 Å². The number of benzene rings is 3. The topological polar surface area (TPSA) is 95.6 Å². The van der Waals surface area contributed by atoms with Gasteiger partial charge in [0.2, 0.25) is 5.16 Å². The van der Waals surface area contributed by atoms with Crippen LogP contribution in [0.1, 0.15) is 17.5 Å². The predicted octanol–water partition coefficient (Wildman–Crippen LogP) is 5.51. The molecule has 0 aliphatic carbocycles. The Morgan fingerprint density at radius 3 is 2.57 bits per heavy atom. The van der Waals surface area contributed by atoms with Crippen LogP contribution in [0.4, 0.5) is 0 Å². The monoisotopic (exact) mass is 515 g/mol. The van der Waals surface area contributed by atoms with E-state index in [0.29, 0.717) is 34.7 Å². The molecular weight excluding hydrogens is 490 g/mol. The Hall–Kier alpha value is -4.24. The fourth-order valence-corrected chi connectivity index (χ4v) is 4.50. The number of thioether (sulfide) groups is 1. The number of aromatic nitrogens is 3. The maximum Gasteiger partial charge on any atom is 0.344 e. The summed E-state index contributed by atoms with van der Waals surface area (Å²) >= 11 is 1.57. The molecule has 5 rings (SSSR count). The molecule has 37 heavy (non-hydrogen) atoms. The van der Waals surface area contributed by atoms with Crippen LogP contribution in [-0.4, -0.2) is 47.7 Å². The Labute approximate surface area is 218 Å². The molecule has 8 nitrogen and oxygen atoms in total. The van der Waals surface area contributed by atoms with Crippen LogP contribution in [0.2, 0.25) is 0 Å². The van der Waals surface area contributed by atoms with Crippen LogP contribution in [0.15, 0.2) is 71.9 Å². The van der Waals surface area contributed by atoms with Crippen LogP contribution < -0.4 is 18.9 Å². The van der Waals surface area contributed by atoms with E-state index in [1.807, 2.05) is 66.7 Å². The van der Waals surface area contributed by atoms with Crippen molar-refractivity contribution in [3.63, 3.8) is 0 Å². The quantitative estimate of drug-likeness (QED) is 0.0971. The second-order valence-corrected chi connectivity index (χ2v) is 9.19. The second kappa shape index (κ2) is 11.2. The largest absolute Gasteiger partial charge is 0.497 e. The van der Waals surface area contributed by atoms with Gasteiger partial charge in [-0.1, -0.05) is 36.0 Å². The summed E-state index contributed by atoms with van der Waals surface area (Å²) in [6.45, 7) is 0.572. The maximum atomic E-state index is 12.3. The van der Waals surface area contributed by atoms with Crippen molar-refractivity contribution in [2.75, 3.05) is 26.6 Å². The molecule has 1 aliphatic heterocycles. The third-order valence-corrected chi connectivity index (χ3v) is 6.62. The lowest BCUT2D eigenvalue weighted by atomic mass is 10.0. The van der Waals surface area contributed by atoms with Gasteiger partial charge in [0.15, 0.2) is 5.82 Å². The summed E-state index contributed by atoms with van der Waals surface area (Å²) in [6, 6.07) is 20.7. The van der Waals surface area contributed by atoms with E-state index in [9.17, 15) is 4.79 Å². The molecule has 0 saturated carbocycles. The minimum atomic E-state index is -0.372. The molecule has 3 aromatic carbocycles. The van der Waals surface area contributed by atoms with Crippen LogP contribution in [0.25, 0.3) is 23.0 Å². The summed E-state index contributed by atoms with van der Waals surface area (Å²) in [5.74, 6) is 3.86. The first kappa shape index (κ1) is 24.5. The Balaban J connectivity index is 1.10. The van der Waals surface area contributed by atoms with Crippen LogP contribution in [0, 0.1) is 0 Å². The van der Waals surface area contributed by atoms with Gasteiger partial charge in [-0.3, -0.25) is 5.10 Å². The molecule has 2 heterocycles. The molecule has 0 radical (unpaired) electrons. The lowest BCUT2D eigenvalue weighted by molar-refractivity contribution is -0.126. The number of aromatic amines is 1. The molecule has 188 valence electrons. The van der Waals surface area contributed by atoms with Crippen LogP contribution in [0.3, 0.4) is 0 Å². The zero-order valence-electron chi connectivity index (χ0n) is 20.4. The molecular formula is C28H25N3O5S. The number of nitrogens with zero attached hydrogens (tertiary/aromatic N) is 2. The van der Waals surface area contributed by atoms with E-state index < -0.39 is 0 Å². The molecule has 0 amide bonds. The summed E-state index contributed by atoms with van der Waals surface area (Å²) in [5.41, 5.74) is 3.08. The fraction of sp³-hybridized carbons (Fsp3) is 0.179. The zero-order chi connectivity index (χ0) is 25.6. The van der Waals surface area contributed by atoms with Crippen LogP contribution in [-0.2, 0) is 4.79 Å². The highest BCUT2D eigenvalue weighted by Gasteiger charge is 2.27. The Morgan fingerprint density at radius 1 is 0.973 bits per heavy atom. The predicted molar refractivity (Wildman–Crippen MR) is 142 cm³/mol. The second-order valence-electron chi connectivity index (χ2n) is 8.13. The van der Waals surface area contributed by atoms with Crippen molar-refractivity contribution in [3.8, 4) is 34.4 Å². The molecule has 1 aliphatic rings. The standard InChI is InChI=1S/C28H25N3O5S/c1-33-21-6-3-5-19(16-21)26-29-28(31-30-26)37-14-4-13-35-20-9-7-18(8-10-20)15-24-23-12-11-22(34-2)17-25(23)36-27(24)32/h3,5-12,15-17H,4,13-14H2,1-2H3,(H,29,30,31)/b24-15+. The van der Waals surface area contributed by atoms with E-state index in [-0.39, 0.29) is 5.97 Å². The first-order chi connectivity index (χ1) is 18.1. The lowest BCUT2D eigenvalue weighted by Crippen LogP contribution is -2.00. The molecule has 0 saturated heterocycles. The normalized spacial score (nSPS) is 13.4. The molecule has 0 bridgehead atoms. The van der Waals surface area contributed by atoms with Crippen molar-refractivity contribution in [2.45, 2.75) is 11.6 Å². The number of carbonyl (C=O) groups is 1. The highest BCUT2D eigenvalue weighted by atomic mass is 32.2. The van der Waals surface area contributed by atoms with Crippen molar-refractivity contribution in [1.29, 1.82) is 0 Å².